The van der Waals surface area contributed by atoms with Gasteiger partial charge >= 0.3 is 5.97 Å². The number of hydrogen-bond acceptors (Lipinski definition) is 5. The Bertz CT molecular complexity index is 962. The number of anilines is 2. The molecule has 30 heavy (non-hydrogen) atoms. The van der Waals surface area contributed by atoms with Crippen LogP contribution >= 0.6 is 11.6 Å². The van der Waals surface area contributed by atoms with Gasteiger partial charge in [0.05, 0.1) is 18.2 Å². The average molecular weight is 431 g/mol. The van der Waals surface area contributed by atoms with Gasteiger partial charge in [0.2, 0.25) is 5.91 Å². The Balaban J connectivity index is 1.54. The van der Waals surface area contributed by atoms with Gasteiger partial charge in [0, 0.05) is 23.7 Å². The van der Waals surface area contributed by atoms with Crippen LogP contribution in [0.5, 0.6) is 5.75 Å². The molecule has 7 nitrogen and oxygen atoms in total. The molecule has 1 fully saturated rings. The van der Waals surface area contributed by atoms with Crippen molar-refractivity contribution in [2.45, 2.75) is 20.3 Å². The summed E-state index contributed by atoms with van der Waals surface area (Å²) in [4.78, 5) is 38.4. The van der Waals surface area contributed by atoms with Crippen LogP contribution < -0.4 is 15.0 Å². The molecule has 2 amide bonds. The van der Waals surface area contributed by atoms with E-state index in [9.17, 15) is 14.4 Å². The van der Waals surface area contributed by atoms with Gasteiger partial charge in [-0.1, -0.05) is 29.8 Å². The number of carbonyl (C=O) groups excluding carboxylic acids is 3. The van der Waals surface area contributed by atoms with Crippen molar-refractivity contribution >= 4 is 40.8 Å². The van der Waals surface area contributed by atoms with Crippen LogP contribution in [0.4, 0.5) is 11.4 Å². The van der Waals surface area contributed by atoms with E-state index in [0.717, 1.165) is 5.56 Å². The molecule has 2 aromatic rings. The van der Waals surface area contributed by atoms with E-state index < -0.39 is 24.4 Å². The van der Waals surface area contributed by atoms with Crippen LogP contribution in [0.3, 0.4) is 0 Å². The highest BCUT2D eigenvalue weighted by Gasteiger charge is 2.36. The molecule has 158 valence electrons. The van der Waals surface area contributed by atoms with E-state index in [4.69, 9.17) is 21.1 Å². The second-order valence-electron chi connectivity index (χ2n) is 6.92. The van der Waals surface area contributed by atoms with Crippen molar-refractivity contribution < 1.29 is 23.9 Å². The molecule has 0 radical (unpaired) electrons. The SMILES string of the molecule is CCOc1ccccc1NC(=O)COC(=O)[C@@H]1CC(=O)N(c2ccc(C)c(Cl)c2)C1. The van der Waals surface area contributed by atoms with Crippen molar-refractivity contribution in [3.63, 3.8) is 0 Å². The van der Waals surface area contributed by atoms with Crippen LogP contribution in [0.15, 0.2) is 42.5 Å². The van der Waals surface area contributed by atoms with Gasteiger partial charge in [-0.3, -0.25) is 14.4 Å². The number of nitrogens with one attached hydrogen (secondary N) is 1. The maximum atomic E-state index is 12.4. The number of rotatable bonds is 7. The smallest absolute Gasteiger partial charge is 0.311 e. The minimum atomic E-state index is -0.638. The highest BCUT2D eigenvalue weighted by atomic mass is 35.5. The Morgan fingerprint density at radius 3 is 2.73 bits per heavy atom. The largest absolute Gasteiger partial charge is 0.492 e. The van der Waals surface area contributed by atoms with Gasteiger partial charge in [-0.05, 0) is 43.7 Å². The van der Waals surface area contributed by atoms with Crippen LogP contribution in [0, 0.1) is 12.8 Å². The van der Waals surface area contributed by atoms with Gasteiger partial charge in [0.25, 0.3) is 5.91 Å². The lowest BCUT2D eigenvalue weighted by Gasteiger charge is -2.17. The van der Waals surface area contributed by atoms with Crippen LogP contribution in [0.25, 0.3) is 0 Å². The monoisotopic (exact) mass is 430 g/mol. The molecular weight excluding hydrogens is 408 g/mol. The third-order valence-electron chi connectivity index (χ3n) is 4.73. The molecule has 1 atom stereocenters. The number of para-hydroxylation sites is 2. The quantitative estimate of drug-likeness (QED) is 0.678. The Morgan fingerprint density at radius 2 is 2.00 bits per heavy atom. The van der Waals surface area contributed by atoms with Gasteiger partial charge in [-0.25, -0.2) is 0 Å². The zero-order valence-electron chi connectivity index (χ0n) is 16.8. The predicted octanol–water partition coefficient (Wildman–Crippen LogP) is 3.58. The van der Waals surface area contributed by atoms with Crippen LogP contribution in [0.1, 0.15) is 18.9 Å². The maximum absolute atomic E-state index is 12.4. The first-order valence-electron chi connectivity index (χ1n) is 9.64. The van der Waals surface area contributed by atoms with Crippen LogP contribution in [-0.2, 0) is 19.1 Å². The van der Waals surface area contributed by atoms with Crippen molar-refractivity contribution in [3.8, 4) is 5.75 Å². The zero-order valence-corrected chi connectivity index (χ0v) is 17.6. The molecule has 0 spiro atoms. The number of hydrogen-bond donors (Lipinski definition) is 1. The van der Waals surface area contributed by atoms with E-state index in [1.54, 1.807) is 36.4 Å². The van der Waals surface area contributed by atoms with E-state index in [-0.39, 0.29) is 18.9 Å². The summed E-state index contributed by atoms with van der Waals surface area (Å²) in [5, 5.41) is 3.21. The Morgan fingerprint density at radius 1 is 1.23 bits per heavy atom. The third-order valence-corrected chi connectivity index (χ3v) is 5.14. The van der Waals surface area contributed by atoms with E-state index in [1.807, 2.05) is 19.9 Å². The van der Waals surface area contributed by atoms with E-state index in [2.05, 4.69) is 5.32 Å². The number of halogens is 1. The van der Waals surface area contributed by atoms with Crippen molar-refractivity contribution in [1.82, 2.24) is 0 Å². The van der Waals surface area contributed by atoms with Gasteiger partial charge in [0.15, 0.2) is 6.61 Å². The normalized spacial score (nSPS) is 15.8. The molecule has 0 aromatic heterocycles. The van der Waals surface area contributed by atoms with Gasteiger partial charge < -0.3 is 19.7 Å². The van der Waals surface area contributed by atoms with E-state index >= 15 is 0 Å². The third kappa shape index (κ3) is 5.10. The second-order valence-corrected chi connectivity index (χ2v) is 7.33. The fourth-order valence-electron chi connectivity index (χ4n) is 3.16. The fourth-order valence-corrected chi connectivity index (χ4v) is 3.33. The number of benzene rings is 2. The molecule has 0 saturated carbocycles. The number of ether oxygens (including phenoxy) is 2. The molecule has 8 heteroatoms. The van der Waals surface area contributed by atoms with Crippen LogP contribution in [0.2, 0.25) is 5.02 Å². The summed E-state index contributed by atoms with van der Waals surface area (Å²) < 4.78 is 10.6. The standard InChI is InChI=1S/C22H23ClN2O5/c1-3-29-19-7-5-4-6-18(19)24-20(26)13-30-22(28)15-10-21(27)25(12-15)16-9-8-14(2)17(23)11-16/h4-9,11,15H,3,10,12-13H2,1-2H3,(H,24,26)/t15-/m1/s1. The molecule has 0 unspecified atom stereocenters. The molecule has 1 N–H and O–H groups in total. The number of carbonyl (C=O) groups is 3. The number of nitrogens with zero attached hydrogens (tertiary/aromatic N) is 1. The van der Waals surface area contributed by atoms with Crippen LogP contribution in [-0.4, -0.2) is 37.5 Å². The topological polar surface area (TPSA) is 84.9 Å². The first-order valence-corrected chi connectivity index (χ1v) is 10.0. The average Bonchev–Trinajstić information content (AvgIpc) is 3.11. The molecule has 1 aliphatic rings. The summed E-state index contributed by atoms with van der Waals surface area (Å²) in [7, 11) is 0. The lowest BCUT2D eigenvalue weighted by atomic mass is 10.1. The molecule has 0 bridgehead atoms. The Kier molecular flexibility index (Phi) is 6.95. The van der Waals surface area contributed by atoms with Crippen molar-refractivity contribution in [3.05, 3.63) is 53.1 Å². The summed E-state index contributed by atoms with van der Waals surface area (Å²) >= 11 is 6.14. The predicted molar refractivity (Wildman–Crippen MR) is 114 cm³/mol. The number of amides is 2. The first kappa shape index (κ1) is 21.6. The van der Waals surface area contributed by atoms with Crippen molar-refractivity contribution in [1.29, 1.82) is 0 Å². The molecule has 2 aromatic carbocycles. The number of esters is 1. The number of aryl methyl sites for hydroxylation is 1. The Labute approximate surface area is 179 Å². The maximum Gasteiger partial charge on any atom is 0.311 e. The highest BCUT2D eigenvalue weighted by molar-refractivity contribution is 6.31. The minimum Gasteiger partial charge on any atom is -0.492 e. The lowest BCUT2D eigenvalue weighted by Crippen LogP contribution is -2.28. The van der Waals surface area contributed by atoms with E-state index in [0.29, 0.717) is 28.8 Å². The summed E-state index contributed by atoms with van der Waals surface area (Å²) in [6.45, 7) is 3.92. The summed E-state index contributed by atoms with van der Waals surface area (Å²) in [5.41, 5.74) is 2.04. The molecule has 0 aliphatic carbocycles. The zero-order chi connectivity index (χ0) is 21.7. The lowest BCUT2D eigenvalue weighted by molar-refractivity contribution is -0.151. The highest BCUT2D eigenvalue weighted by Crippen LogP contribution is 2.29. The molecule has 1 saturated heterocycles. The Hall–Kier alpha value is -3.06. The van der Waals surface area contributed by atoms with Crippen molar-refractivity contribution in [2.24, 2.45) is 5.92 Å². The molecule has 1 aliphatic heterocycles. The van der Waals surface area contributed by atoms with Gasteiger partial charge in [-0.15, -0.1) is 0 Å². The van der Waals surface area contributed by atoms with Crippen molar-refractivity contribution in [2.75, 3.05) is 30.0 Å². The first-order chi connectivity index (χ1) is 14.4. The molecule has 3 rings (SSSR count). The summed E-state index contributed by atoms with van der Waals surface area (Å²) in [5.74, 6) is -1.36. The minimum absolute atomic E-state index is 0.0269. The summed E-state index contributed by atoms with van der Waals surface area (Å²) in [6, 6.07) is 12.3. The molecular formula is C22H23ClN2O5. The molecule has 1 heterocycles. The van der Waals surface area contributed by atoms with E-state index in [1.165, 1.54) is 4.90 Å². The summed E-state index contributed by atoms with van der Waals surface area (Å²) in [6.07, 6.45) is 0.0269. The second kappa shape index (κ2) is 9.63. The fraction of sp³-hybridized carbons (Fsp3) is 0.318. The van der Waals surface area contributed by atoms with Gasteiger partial charge in [-0.2, -0.15) is 0 Å². The van der Waals surface area contributed by atoms with Gasteiger partial charge in [0.1, 0.15) is 5.75 Å².